The van der Waals surface area contributed by atoms with Crippen LogP contribution in [0.25, 0.3) is 0 Å². The van der Waals surface area contributed by atoms with E-state index in [9.17, 15) is 9.59 Å². The second kappa shape index (κ2) is 6.92. The number of nitrogens with one attached hydrogen (secondary N) is 1. The number of hydrogen-bond donors (Lipinski definition) is 1. The van der Waals surface area contributed by atoms with Crippen LogP contribution in [0, 0.1) is 0 Å². The molecule has 0 bridgehead atoms. The number of nitrogens with zero attached hydrogens (tertiary/aromatic N) is 1. The van der Waals surface area contributed by atoms with Crippen LogP contribution in [0.3, 0.4) is 0 Å². The van der Waals surface area contributed by atoms with Crippen molar-refractivity contribution in [3.05, 3.63) is 0 Å². The van der Waals surface area contributed by atoms with E-state index in [1.165, 1.54) is 19.3 Å². The zero-order valence-corrected chi connectivity index (χ0v) is 12.0. The summed E-state index contributed by atoms with van der Waals surface area (Å²) in [7, 11) is 0. The lowest BCUT2D eigenvalue weighted by molar-refractivity contribution is -0.138. The van der Waals surface area contributed by atoms with Crippen molar-refractivity contribution >= 4 is 11.8 Å². The molecule has 2 amide bonds. The molecule has 0 aromatic rings. The molecular formula is C15H26N2O2. The maximum Gasteiger partial charge on any atom is 0.243 e. The fraction of sp³-hybridized carbons (Fsp3) is 0.867. The smallest absolute Gasteiger partial charge is 0.243 e. The van der Waals surface area contributed by atoms with Gasteiger partial charge in [-0.25, -0.2) is 0 Å². The van der Waals surface area contributed by atoms with E-state index in [0.717, 1.165) is 38.6 Å². The summed E-state index contributed by atoms with van der Waals surface area (Å²) >= 11 is 0. The van der Waals surface area contributed by atoms with Gasteiger partial charge in [-0.1, -0.05) is 26.2 Å². The fourth-order valence-corrected chi connectivity index (χ4v) is 3.24. The molecule has 1 aliphatic heterocycles. The molecule has 2 rings (SSSR count). The van der Waals surface area contributed by atoms with Gasteiger partial charge < -0.3 is 10.2 Å². The highest BCUT2D eigenvalue weighted by Crippen LogP contribution is 2.21. The molecule has 0 aromatic carbocycles. The highest BCUT2D eigenvalue weighted by atomic mass is 16.2. The van der Waals surface area contributed by atoms with Crippen molar-refractivity contribution in [1.29, 1.82) is 0 Å². The Bertz CT molecular complexity index is 324. The number of carbonyl (C=O) groups is 2. The minimum Gasteiger partial charge on any atom is -0.352 e. The third kappa shape index (κ3) is 3.71. The van der Waals surface area contributed by atoms with E-state index >= 15 is 0 Å². The van der Waals surface area contributed by atoms with Gasteiger partial charge in [0.05, 0.1) is 0 Å². The Morgan fingerprint density at radius 3 is 2.53 bits per heavy atom. The van der Waals surface area contributed by atoms with Crippen LogP contribution in [0.5, 0.6) is 0 Å². The Hall–Kier alpha value is -1.06. The number of carbonyl (C=O) groups excluding carboxylic acids is 2. The summed E-state index contributed by atoms with van der Waals surface area (Å²) in [5.74, 6) is 0.220. The minimum absolute atomic E-state index is 0.0776. The van der Waals surface area contributed by atoms with Crippen LogP contribution in [0.1, 0.15) is 64.7 Å². The van der Waals surface area contributed by atoms with Gasteiger partial charge in [0, 0.05) is 19.0 Å². The summed E-state index contributed by atoms with van der Waals surface area (Å²) in [6, 6.07) is 0.131. The van der Waals surface area contributed by atoms with Gasteiger partial charge in [0.2, 0.25) is 11.8 Å². The summed E-state index contributed by atoms with van der Waals surface area (Å²) in [6.45, 7) is 2.76. The molecule has 19 heavy (non-hydrogen) atoms. The van der Waals surface area contributed by atoms with Crippen LogP contribution < -0.4 is 5.32 Å². The summed E-state index contributed by atoms with van der Waals surface area (Å²) in [5, 5.41) is 3.15. The molecule has 4 heteroatoms. The number of hydrogen-bond acceptors (Lipinski definition) is 2. The predicted octanol–water partition coefficient (Wildman–Crippen LogP) is 2.23. The monoisotopic (exact) mass is 266 g/mol. The second-order valence-electron chi connectivity index (χ2n) is 5.84. The van der Waals surface area contributed by atoms with E-state index in [1.54, 1.807) is 4.90 Å². The molecule has 2 aliphatic rings. The van der Waals surface area contributed by atoms with Crippen LogP contribution >= 0.6 is 0 Å². The zero-order valence-electron chi connectivity index (χ0n) is 12.0. The summed E-state index contributed by atoms with van der Waals surface area (Å²) < 4.78 is 0. The van der Waals surface area contributed by atoms with Crippen molar-refractivity contribution in [3.63, 3.8) is 0 Å². The molecule has 1 saturated carbocycles. The van der Waals surface area contributed by atoms with Gasteiger partial charge in [0.15, 0.2) is 0 Å². The maximum atomic E-state index is 12.3. The fourth-order valence-electron chi connectivity index (χ4n) is 3.24. The van der Waals surface area contributed by atoms with Gasteiger partial charge in [-0.15, -0.1) is 0 Å². The molecular weight excluding hydrogens is 240 g/mol. The molecule has 0 spiro atoms. The average molecular weight is 266 g/mol. The molecule has 0 unspecified atom stereocenters. The van der Waals surface area contributed by atoms with Crippen LogP contribution in [-0.2, 0) is 9.59 Å². The SMILES string of the molecule is CCCC(=O)N1CCC[C@H]1C(=O)NC1CCCCC1. The van der Waals surface area contributed by atoms with E-state index < -0.39 is 0 Å². The quantitative estimate of drug-likeness (QED) is 0.848. The maximum absolute atomic E-state index is 12.3. The highest BCUT2D eigenvalue weighted by Gasteiger charge is 2.34. The van der Waals surface area contributed by atoms with E-state index in [0.29, 0.717) is 12.5 Å². The minimum atomic E-state index is -0.207. The molecule has 0 aromatic heterocycles. The molecule has 0 radical (unpaired) electrons. The lowest BCUT2D eigenvalue weighted by atomic mass is 9.95. The number of rotatable bonds is 4. The molecule has 4 nitrogen and oxygen atoms in total. The average Bonchev–Trinajstić information content (AvgIpc) is 2.89. The van der Waals surface area contributed by atoms with Gasteiger partial charge in [-0.2, -0.15) is 0 Å². The number of amides is 2. The summed E-state index contributed by atoms with van der Waals surface area (Å²) in [6.07, 6.45) is 9.12. The van der Waals surface area contributed by atoms with Crippen molar-refractivity contribution in [2.45, 2.75) is 76.8 Å². The molecule has 1 saturated heterocycles. The zero-order chi connectivity index (χ0) is 13.7. The molecule has 1 aliphatic carbocycles. The normalized spacial score (nSPS) is 24.5. The predicted molar refractivity (Wildman–Crippen MR) is 74.7 cm³/mol. The first kappa shape index (κ1) is 14.4. The standard InChI is InChI=1S/C15H26N2O2/c1-2-7-14(18)17-11-6-10-13(17)15(19)16-12-8-4-3-5-9-12/h12-13H,2-11H2,1H3,(H,16,19)/t13-/m0/s1. The van der Waals surface area contributed by atoms with E-state index in [-0.39, 0.29) is 17.9 Å². The van der Waals surface area contributed by atoms with Gasteiger partial charge >= 0.3 is 0 Å². The van der Waals surface area contributed by atoms with Gasteiger partial charge in [-0.3, -0.25) is 9.59 Å². The van der Waals surface area contributed by atoms with Crippen LogP contribution in [0.4, 0.5) is 0 Å². The summed E-state index contributed by atoms with van der Waals surface area (Å²) in [5.41, 5.74) is 0. The molecule has 1 heterocycles. The van der Waals surface area contributed by atoms with Crippen LogP contribution in [0.15, 0.2) is 0 Å². The van der Waals surface area contributed by atoms with Gasteiger partial charge in [0.1, 0.15) is 6.04 Å². The van der Waals surface area contributed by atoms with Crippen molar-refractivity contribution in [1.82, 2.24) is 10.2 Å². The Kier molecular flexibility index (Phi) is 5.23. The first-order chi connectivity index (χ1) is 9.22. The van der Waals surface area contributed by atoms with Crippen molar-refractivity contribution in [2.75, 3.05) is 6.54 Å². The molecule has 1 atom stereocenters. The van der Waals surface area contributed by atoms with E-state index in [4.69, 9.17) is 0 Å². The Labute approximate surface area is 115 Å². The molecule has 1 N–H and O–H groups in total. The molecule has 108 valence electrons. The lowest BCUT2D eigenvalue weighted by Gasteiger charge is -2.28. The van der Waals surface area contributed by atoms with Crippen molar-refractivity contribution in [2.24, 2.45) is 0 Å². The Morgan fingerprint density at radius 2 is 1.84 bits per heavy atom. The van der Waals surface area contributed by atoms with Crippen LogP contribution in [-0.4, -0.2) is 35.3 Å². The third-order valence-corrected chi connectivity index (χ3v) is 4.29. The highest BCUT2D eigenvalue weighted by molar-refractivity contribution is 5.88. The van der Waals surface area contributed by atoms with Crippen molar-refractivity contribution in [3.8, 4) is 0 Å². The van der Waals surface area contributed by atoms with Gasteiger partial charge in [0.25, 0.3) is 0 Å². The van der Waals surface area contributed by atoms with Crippen molar-refractivity contribution < 1.29 is 9.59 Å². The second-order valence-corrected chi connectivity index (χ2v) is 5.84. The number of likely N-dealkylation sites (tertiary alicyclic amines) is 1. The topological polar surface area (TPSA) is 49.4 Å². The van der Waals surface area contributed by atoms with Crippen LogP contribution in [0.2, 0.25) is 0 Å². The largest absolute Gasteiger partial charge is 0.352 e. The van der Waals surface area contributed by atoms with Gasteiger partial charge in [-0.05, 0) is 32.1 Å². The third-order valence-electron chi connectivity index (χ3n) is 4.29. The van der Waals surface area contributed by atoms with E-state index in [2.05, 4.69) is 5.32 Å². The Morgan fingerprint density at radius 1 is 1.11 bits per heavy atom. The Balaban J connectivity index is 1.87. The summed E-state index contributed by atoms with van der Waals surface area (Å²) in [4.78, 5) is 26.1. The lowest BCUT2D eigenvalue weighted by Crippen LogP contribution is -2.49. The first-order valence-electron chi connectivity index (χ1n) is 7.82. The van der Waals surface area contributed by atoms with E-state index in [1.807, 2.05) is 6.92 Å². The first-order valence-corrected chi connectivity index (χ1v) is 7.82. The molecule has 2 fully saturated rings.